The Labute approximate surface area is 186 Å². The van der Waals surface area contributed by atoms with Crippen LogP contribution in [0, 0.1) is 0 Å². The van der Waals surface area contributed by atoms with Crippen LogP contribution in [0.3, 0.4) is 0 Å². The van der Waals surface area contributed by atoms with E-state index in [9.17, 15) is 9.59 Å². The number of carbonyl (C=O) groups excluding carboxylic acids is 2. The van der Waals surface area contributed by atoms with E-state index in [0.717, 1.165) is 11.1 Å². The van der Waals surface area contributed by atoms with Crippen molar-refractivity contribution >= 4 is 17.5 Å². The van der Waals surface area contributed by atoms with Crippen molar-refractivity contribution in [1.82, 2.24) is 14.9 Å². The van der Waals surface area contributed by atoms with Gasteiger partial charge in [-0.05, 0) is 54.4 Å². The van der Waals surface area contributed by atoms with Crippen LogP contribution in [-0.4, -0.2) is 21.4 Å². The molecule has 1 unspecified atom stereocenters. The van der Waals surface area contributed by atoms with E-state index in [0.29, 0.717) is 23.4 Å². The van der Waals surface area contributed by atoms with Gasteiger partial charge in [0.05, 0.1) is 12.4 Å². The van der Waals surface area contributed by atoms with Crippen molar-refractivity contribution in [2.75, 3.05) is 5.32 Å². The minimum Gasteiger partial charge on any atom is -0.346 e. The van der Waals surface area contributed by atoms with Crippen LogP contribution >= 0.6 is 0 Å². The van der Waals surface area contributed by atoms with Gasteiger partial charge in [0.15, 0.2) is 0 Å². The van der Waals surface area contributed by atoms with Gasteiger partial charge in [0, 0.05) is 35.8 Å². The van der Waals surface area contributed by atoms with E-state index in [1.165, 1.54) is 0 Å². The van der Waals surface area contributed by atoms with Gasteiger partial charge in [0.1, 0.15) is 0 Å². The molecule has 3 aromatic carbocycles. The minimum atomic E-state index is -0.221. The maximum absolute atomic E-state index is 12.7. The second-order valence-corrected chi connectivity index (χ2v) is 7.57. The van der Waals surface area contributed by atoms with Crippen molar-refractivity contribution in [2.45, 2.75) is 19.5 Å². The molecule has 2 N–H and O–H groups in total. The minimum absolute atomic E-state index is 0.148. The van der Waals surface area contributed by atoms with E-state index < -0.39 is 0 Å². The molecule has 0 fully saturated rings. The summed E-state index contributed by atoms with van der Waals surface area (Å²) in [5.74, 6) is -0.319. The van der Waals surface area contributed by atoms with E-state index in [1.54, 1.807) is 24.7 Å². The van der Waals surface area contributed by atoms with Gasteiger partial charge in [-0.15, -0.1) is 0 Å². The second-order valence-electron chi connectivity index (χ2n) is 7.57. The number of benzene rings is 3. The molecule has 0 radical (unpaired) electrons. The SMILES string of the molecule is CC(NC(=O)c1ccc(Cn2ccnc2)cc1)c1cccc(NC(=O)c2ccccc2)c1. The van der Waals surface area contributed by atoms with Gasteiger partial charge < -0.3 is 15.2 Å². The van der Waals surface area contributed by atoms with Gasteiger partial charge in [0.2, 0.25) is 0 Å². The van der Waals surface area contributed by atoms with E-state index in [-0.39, 0.29) is 17.9 Å². The van der Waals surface area contributed by atoms with Crippen molar-refractivity contribution in [3.05, 3.63) is 120 Å². The van der Waals surface area contributed by atoms with Gasteiger partial charge in [-0.2, -0.15) is 0 Å². The summed E-state index contributed by atoms with van der Waals surface area (Å²) >= 11 is 0. The molecule has 32 heavy (non-hydrogen) atoms. The Bertz CT molecular complexity index is 1190. The molecule has 6 heteroatoms. The van der Waals surface area contributed by atoms with E-state index in [1.807, 2.05) is 84.4 Å². The predicted octanol–water partition coefficient (Wildman–Crippen LogP) is 4.67. The number of amides is 2. The van der Waals surface area contributed by atoms with Crippen LogP contribution < -0.4 is 10.6 Å². The van der Waals surface area contributed by atoms with Crippen molar-refractivity contribution < 1.29 is 9.59 Å². The molecule has 4 rings (SSSR count). The molecule has 0 aliphatic heterocycles. The predicted molar refractivity (Wildman–Crippen MR) is 124 cm³/mol. The monoisotopic (exact) mass is 424 g/mol. The summed E-state index contributed by atoms with van der Waals surface area (Å²) in [4.78, 5) is 29.1. The lowest BCUT2D eigenvalue weighted by atomic mass is 10.1. The topological polar surface area (TPSA) is 76.0 Å². The number of nitrogens with zero attached hydrogens (tertiary/aromatic N) is 2. The Morgan fingerprint density at radius 1 is 0.906 bits per heavy atom. The van der Waals surface area contributed by atoms with Crippen molar-refractivity contribution in [3.63, 3.8) is 0 Å². The number of hydrogen-bond acceptors (Lipinski definition) is 3. The molecule has 2 amide bonds. The molecule has 0 saturated heterocycles. The summed E-state index contributed by atoms with van der Waals surface area (Å²) in [6.45, 7) is 2.63. The highest BCUT2D eigenvalue weighted by molar-refractivity contribution is 6.04. The first-order valence-corrected chi connectivity index (χ1v) is 10.4. The summed E-state index contributed by atoms with van der Waals surface area (Å²) in [6.07, 6.45) is 5.41. The first-order chi connectivity index (χ1) is 15.6. The summed E-state index contributed by atoms with van der Waals surface area (Å²) in [6, 6.07) is 23.9. The number of rotatable bonds is 7. The van der Waals surface area contributed by atoms with Crippen LogP contribution in [0.4, 0.5) is 5.69 Å². The second kappa shape index (κ2) is 9.75. The summed E-state index contributed by atoms with van der Waals surface area (Å²) in [5.41, 5.74) is 3.87. The maximum Gasteiger partial charge on any atom is 0.255 e. The van der Waals surface area contributed by atoms with Crippen molar-refractivity contribution in [1.29, 1.82) is 0 Å². The summed E-state index contributed by atoms with van der Waals surface area (Å²) in [7, 11) is 0. The van der Waals surface area contributed by atoms with E-state index in [4.69, 9.17) is 0 Å². The number of anilines is 1. The first-order valence-electron chi connectivity index (χ1n) is 10.4. The lowest BCUT2D eigenvalue weighted by Gasteiger charge is -2.16. The fraction of sp³-hybridized carbons (Fsp3) is 0.115. The average molecular weight is 425 g/mol. The third-order valence-electron chi connectivity index (χ3n) is 5.17. The molecular formula is C26H24N4O2. The van der Waals surface area contributed by atoms with Gasteiger partial charge in [-0.3, -0.25) is 9.59 Å². The number of imidazole rings is 1. The summed E-state index contributed by atoms with van der Waals surface area (Å²) in [5, 5.41) is 5.93. The fourth-order valence-electron chi connectivity index (χ4n) is 3.39. The Hall–Kier alpha value is -4.19. The third-order valence-corrected chi connectivity index (χ3v) is 5.17. The van der Waals surface area contributed by atoms with Crippen molar-refractivity contribution in [2.24, 2.45) is 0 Å². The quantitative estimate of drug-likeness (QED) is 0.452. The highest BCUT2D eigenvalue weighted by Gasteiger charge is 2.13. The van der Waals surface area contributed by atoms with E-state index >= 15 is 0 Å². The Morgan fingerprint density at radius 3 is 2.38 bits per heavy atom. The lowest BCUT2D eigenvalue weighted by molar-refractivity contribution is 0.0939. The number of hydrogen-bond donors (Lipinski definition) is 2. The Morgan fingerprint density at radius 2 is 1.66 bits per heavy atom. The molecule has 0 aliphatic carbocycles. The fourth-order valence-corrected chi connectivity index (χ4v) is 3.39. The molecule has 160 valence electrons. The largest absolute Gasteiger partial charge is 0.346 e. The zero-order chi connectivity index (χ0) is 22.3. The highest BCUT2D eigenvalue weighted by Crippen LogP contribution is 2.19. The molecule has 0 saturated carbocycles. The zero-order valence-corrected chi connectivity index (χ0v) is 17.7. The normalized spacial score (nSPS) is 11.5. The molecule has 0 bridgehead atoms. The average Bonchev–Trinajstić information content (AvgIpc) is 3.33. The van der Waals surface area contributed by atoms with E-state index in [2.05, 4.69) is 15.6 Å². The number of aromatic nitrogens is 2. The first kappa shape index (κ1) is 21.1. The smallest absolute Gasteiger partial charge is 0.255 e. The highest BCUT2D eigenvalue weighted by atomic mass is 16.2. The number of carbonyl (C=O) groups is 2. The van der Waals surface area contributed by atoms with Gasteiger partial charge in [-0.1, -0.05) is 42.5 Å². The molecular weight excluding hydrogens is 400 g/mol. The molecule has 1 aromatic heterocycles. The Balaban J connectivity index is 1.38. The van der Waals surface area contributed by atoms with Crippen LogP contribution in [0.2, 0.25) is 0 Å². The van der Waals surface area contributed by atoms with Crippen LogP contribution in [0.15, 0.2) is 97.6 Å². The molecule has 6 nitrogen and oxygen atoms in total. The lowest BCUT2D eigenvalue weighted by Crippen LogP contribution is -2.26. The zero-order valence-electron chi connectivity index (χ0n) is 17.7. The standard InChI is InChI=1S/C26H24N4O2/c1-19(23-8-5-9-24(16-23)29-26(32)21-6-3-2-4-7-21)28-25(31)22-12-10-20(11-13-22)17-30-15-14-27-18-30/h2-16,18-19H,17H2,1H3,(H,28,31)(H,29,32). The van der Waals surface area contributed by atoms with Crippen LogP contribution in [0.25, 0.3) is 0 Å². The van der Waals surface area contributed by atoms with Gasteiger partial charge >= 0.3 is 0 Å². The van der Waals surface area contributed by atoms with Crippen LogP contribution in [0.1, 0.15) is 44.8 Å². The molecule has 4 aromatic rings. The third kappa shape index (κ3) is 5.29. The van der Waals surface area contributed by atoms with Gasteiger partial charge in [-0.25, -0.2) is 4.98 Å². The maximum atomic E-state index is 12.7. The molecule has 1 atom stereocenters. The molecule has 0 aliphatic rings. The summed E-state index contributed by atoms with van der Waals surface area (Å²) < 4.78 is 1.97. The molecule has 1 heterocycles. The Kier molecular flexibility index (Phi) is 6.41. The van der Waals surface area contributed by atoms with Crippen LogP contribution in [-0.2, 0) is 6.54 Å². The number of nitrogens with one attached hydrogen (secondary N) is 2. The van der Waals surface area contributed by atoms with Crippen LogP contribution in [0.5, 0.6) is 0 Å². The molecule has 0 spiro atoms. The van der Waals surface area contributed by atoms with Gasteiger partial charge in [0.25, 0.3) is 11.8 Å². The van der Waals surface area contributed by atoms with Crippen molar-refractivity contribution in [3.8, 4) is 0 Å².